The molecule has 0 aromatic heterocycles. The number of aryl methyl sites for hydroxylation is 1. The SMILES string of the molecule is Cc1ccc(S(=O)(=O)c2ccc3cc(F)ccc3c2)cc1. The maximum absolute atomic E-state index is 13.2. The summed E-state index contributed by atoms with van der Waals surface area (Å²) in [6.45, 7) is 1.90. The lowest BCUT2D eigenvalue weighted by Crippen LogP contribution is -2.01. The molecule has 0 saturated carbocycles. The molecule has 0 bridgehead atoms. The molecule has 0 aliphatic carbocycles. The van der Waals surface area contributed by atoms with Gasteiger partial charge in [0.2, 0.25) is 9.84 Å². The molecule has 106 valence electrons. The topological polar surface area (TPSA) is 34.1 Å². The molecular formula is C17H13FO2S. The number of fused-ring (bicyclic) bond motifs is 1. The van der Waals surface area contributed by atoms with E-state index in [1.54, 1.807) is 42.5 Å². The van der Waals surface area contributed by atoms with Gasteiger partial charge in [-0.25, -0.2) is 12.8 Å². The normalized spacial score (nSPS) is 11.7. The first kappa shape index (κ1) is 13.8. The van der Waals surface area contributed by atoms with Crippen LogP contribution in [0.15, 0.2) is 70.5 Å². The molecule has 0 atom stereocenters. The molecule has 3 aromatic carbocycles. The second kappa shape index (κ2) is 4.97. The molecule has 0 saturated heterocycles. The molecule has 3 rings (SSSR count). The number of sulfone groups is 1. The molecule has 0 N–H and O–H groups in total. The fourth-order valence-corrected chi connectivity index (χ4v) is 3.51. The Bertz CT molecular complexity index is 913. The van der Waals surface area contributed by atoms with Gasteiger partial charge >= 0.3 is 0 Å². The summed E-state index contributed by atoms with van der Waals surface area (Å²) >= 11 is 0. The highest BCUT2D eigenvalue weighted by Gasteiger charge is 2.17. The monoisotopic (exact) mass is 300 g/mol. The van der Waals surface area contributed by atoms with Crippen LogP contribution in [0.5, 0.6) is 0 Å². The molecule has 0 aliphatic rings. The van der Waals surface area contributed by atoms with Crippen molar-refractivity contribution < 1.29 is 12.8 Å². The van der Waals surface area contributed by atoms with E-state index in [4.69, 9.17) is 0 Å². The van der Waals surface area contributed by atoms with Crippen molar-refractivity contribution in [2.24, 2.45) is 0 Å². The Hall–Kier alpha value is -2.20. The lowest BCUT2D eigenvalue weighted by molar-refractivity contribution is 0.596. The van der Waals surface area contributed by atoms with Crippen LogP contribution in [0.4, 0.5) is 4.39 Å². The quantitative estimate of drug-likeness (QED) is 0.713. The van der Waals surface area contributed by atoms with E-state index in [0.29, 0.717) is 10.8 Å². The Morgan fingerprint density at radius 1 is 0.762 bits per heavy atom. The van der Waals surface area contributed by atoms with E-state index < -0.39 is 9.84 Å². The molecule has 3 aromatic rings. The summed E-state index contributed by atoms with van der Waals surface area (Å²) in [4.78, 5) is 0.472. The third-order valence-corrected chi connectivity index (χ3v) is 5.18. The van der Waals surface area contributed by atoms with E-state index in [1.165, 1.54) is 18.2 Å². The maximum atomic E-state index is 13.2. The standard InChI is InChI=1S/C17H13FO2S/c1-12-2-7-16(8-3-12)21(19,20)17-9-5-13-10-15(18)6-4-14(13)11-17/h2-11H,1H3. The first-order valence-corrected chi connectivity index (χ1v) is 7.96. The summed E-state index contributed by atoms with van der Waals surface area (Å²) < 4.78 is 38.3. The maximum Gasteiger partial charge on any atom is 0.206 e. The van der Waals surface area contributed by atoms with Gasteiger partial charge in [0.1, 0.15) is 5.82 Å². The fraction of sp³-hybridized carbons (Fsp3) is 0.0588. The summed E-state index contributed by atoms with van der Waals surface area (Å²) in [5, 5.41) is 1.38. The van der Waals surface area contributed by atoms with Crippen LogP contribution >= 0.6 is 0 Å². The highest BCUT2D eigenvalue weighted by Crippen LogP contribution is 2.25. The number of rotatable bonds is 2. The Labute approximate surface area is 122 Å². The van der Waals surface area contributed by atoms with Gasteiger partial charge in [-0.1, -0.05) is 29.8 Å². The van der Waals surface area contributed by atoms with Crippen LogP contribution in [-0.4, -0.2) is 8.42 Å². The fourth-order valence-electron chi connectivity index (χ4n) is 2.22. The zero-order chi connectivity index (χ0) is 15.0. The van der Waals surface area contributed by atoms with Crippen LogP contribution in [0.1, 0.15) is 5.56 Å². The van der Waals surface area contributed by atoms with E-state index in [0.717, 1.165) is 5.56 Å². The van der Waals surface area contributed by atoms with Gasteiger partial charge in [0.15, 0.2) is 0 Å². The van der Waals surface area contributed by atoms with Crippen molar-refractivity contribution in [1.29, 1.82) is 0 Å². The minimum absolute atomic E-state index is 0.213. The molecule has 0 fully saturated rings. The molecule has 0 heterocycles. The highest BCUT2D eigenvalue weighted by atomic mass is 32.2. The van der Waals surface area contributed by atoms with E-state index in [1.807, 2.05) is 6.92 Å². The Balaban J connectivity index is 2.14. The third kappa shape index (κ3) is 2.54. The molecule has 0 amide bonds. The summed E-state index contributed by atoms with van der Waals surface area (Å²) in [5.74, 6) is -0.336. The van der Waals surface area contributed by atoms with Crippen molar-refractivity contribution in [2.45, 2.75) is 16.7 Å². The van der Waals surface area contributed by atoms with Gasteiger partial charge in [0.05, 0.1) is 9.79 Å². The molecular weight excluding hydrogens is 287 g/mol. The minimum Gasteiger partial charge on any atom is -0.219 e. The van der Waals surface area contributed by atoms with E-state index in [-0.39, 0.29) is 15.6 Å². The van der Waals surface area contributed by atoms with Gasteiger partial charge in [0.25, 0.3) is 0 Å². The molecule has 2 nitrogen and oxygen atoms in total. The lowest BCUT2D eigenvalue weighted by atomic mass is 10.1. The van der Waals surface area contributed by atoms with Gasteiger partial charge < -0.3 is 0 Å². The summed E-state index contributed by atoms with van der Waals surface area (Å²) in [6, 6.07) is 15.7. The predicted molar refractivity (Wildman–Crippen MR) is 80.5 cm³/mol. The zero-order valence-corrected chi connectivity index (χ0v) is 12.2. The van der Waals surface area contributed by atoms with Gasteiger partial charge in [-0.2, -0.15) is 0 Å². The molecule has 0 aliphatic heterocycles. The molecule has 4 heteroatoms. The molecule has 0 radical (unpaired) electrons. The zero-order valence-electron chi connectivity index (χ0n) is 11.4. The Morgan fingerprint density at radius 2 is 1.33 bits per heavy atom. The van der Waals surface area contributed by atoms with Crippen LogP contribution in [0.2, 0.25) is 0 Å². The van der Waals surface area contributed by atoms with Gasteiger partial charge in [-0.05, 0) is 54.1 Å². The van der Waals surface area contributed by atoms with Gasteiger partial charge in [-0.15, -0.1) is 0 Å². The third-order valence-electron chi connectivity index (χ3n) is 3.42. The largest absolute Gasteiger partial charge is 0.219 e. The number of benzene rings is 3. The predicted octanol–water partition coefficient (Wildman–Crippen LogP) is 4.12. The van der Waals surface area contributed by atoms with Crippen LogP contribution in [0.25, 0.3) is 10.8 Å². The molecule has 0 spiro atoms. The van der Waals surface area contributed by atoms with E-state index >= 15 is 0 Å². The lowest BCUT2D eigenvalue weighted by Gasteiger charge is -2.06. The van der Waals surface area contributed by atoms with Crippen molar-refractivity contribution in [3.05, 3.63) is 72.0 Å². The molecule has 0 unspecified atom stereocenters. The summed E-state index contributed by atoms with van der Waals surface area (Å²) in [7, 11) is -3.55. The Morgan fingerprint density at radius 3 is 2.05 bits per heavy atom. The number of hydrogen-bond acceptors (Lipinski definition) is 2. The van der Waals surface area contributed by atoms with E-state index in [9.17, 15) is 12.8 Å². The number of hydrogen-bond donors (Lipinski definition) is 0. The van der Waals surface area contributed by atoms with E-state index in [2.05, 4.69) is 0 Å². The van der Waals surface area contributed by atoms with Crippen molar-refractivity contribution >= 4 is 20.6 Å². The Kier molecular flexibility index (Phi) is 3.26. The summed E-state index contributed by atoms with van der Waals surface area (Å²) in [5.41, 5.74) is 1.00. The highest BCUT2D eigenvalue weighted by molar-refractivity contribution is 7.91. The first-order valence-electron chi connectivity index (χ1n) is 6.48. The smallest absolute Gasteiger partial charge is 0.206 e. The van der Waals surface area contributed by atoms with Crippen LogP contribution in [0, 0.1) is 12.7 Å². The van der Waals surface area contributed by atoms with Crippen molar-refractivity contribution in [2.75, 3.05) is 0 Å². The average Bonchev–Trinajstić information content (AvgIpc) is 2.47. The molecule has 21 heavy (non-hydrogen) atoms. The second-order valence-electron chi connectivity index (χ2n) is 4.97. The number of halogens is 1. The second-order valence-corrected chi connectivity index (χ2v) is 6.92. The average molecular weight is 300 g/mol. The van der Waals surface area contributed by atoms with Crippen molar-refractivity contribution in [3.8, 4) is 0 Å². The van der Waals surface area contributed by atoms with Crippen molar-refractivity contribution in [3.63, 3.8) is 0 Å². The first-order chi connectivity index (χ1) is 9.96. The van der Waals surface area contributed by atoms with Crippen LogP contribution in [0.3, 0.4) is 0 Å². The van der Waals surface area contributed by atoms with Crippen molar-refractivity contribution in [1.82, 2.24) is 0 Å². The van der Waals surface area contributed by atoms with Crippen LogP contribution < -0.4 is 0 Å². The minimum atomic E-state index is -3.55. The van der Waals surface area contributed by atoms with Gasteiger partial charge in [-0.3, -0.25) is 0 Å². The van der Waals surface area contributed by atoms with Crippen LogP contribution in [-0.2, 0) is 9.84 Å². The van der Waals surface area contributed by atoms with Gasteiger partial charge in [0, 0.05) is 0 Å². The summed E-state index contributed by atoms with van der Waals surface area (Å²) in [6.07, 6.45) is 0.